The lowest BCUT2D eigenvalue weighted by atomic mass is 9.99. The van der Waals surface area contributed by atoms with Gasteiger partial charge in [0.15, 0.2) is 0 Å². The van der Waals surface area contributed by atoms with Crippen LogP contribution in [0.4, 0.5) is 0 Å². The molecule has 0 aliphatic rings. The zero-order valence-electron chi connectivity index (χ0n) is 14.2. The van der Waals surface area contributed by atoms with E-state index in [9.17, 15) is 10.2 Å². The first-order valence-electron chi connectivity index (χ1n) is 8.27. The second-order valence-electron chi connectivity index (χ2n) is 7.49. The maximum absolute atomic E-state index is 10.3. The lowest BCUT2D eigenvalue weighted by Crippen LogP contribution is -2.19. The standard InChI is InChI=1S/C19H28O2Si/c1-5-6-7-14-10-16-11-15(8-9-22(2,3)4)13-18(21)19(16)17(20)12-14/h10-13,20-21H,5-9H2,1-4H3. The Balaban J connectivity index is 2.38. The zero-order valence-corrected chi connectivity index (χ0v) is 15.2. The van der Waals surface area contributed by atoms with Crippen LogP contribution in [0.3, 0.4) is 0 Å². The van der Waals surface area contributed by atoms with Gasteiger partial charge in [-0.05, 0) is 47.9 Å². The molecule has 0 aromatic heterocycles. The van der Waals surface area contributed by atoms with Crippen molar-refractivity contribution in [1.29, 1.82) is 0 Å². The molecule has 0 aliphatic carbocycles. The van der Waals surface area contributed by atoms with Gasteiger partial charge in [-0.3, -0.25) is 0 Å². The SMILES string of the molecule is CCCCc1cc(O)c2c(O)cc(CC[Si](C)(C)C)cc2c1. The Kier molecular flexibility index (Phi) is 5.17. The molecule has 0 atom stereocenters. The van der Waals surface area contributed by atoms with Gasteiger partial charge in [0.25, 0.3) is 0 Å². The van der Waals surface area contributed by atoms with Crippen molar-refractivity contribution >= 4 is 18.8 Å². The van der Waals surface area contributed by atoms with Crippen molar-refractivity contribution in [3.8, 4) is 11.5 Å². The average Bonchev–Trinajstić information content (AvgIpc) is 2.41. The van der Waals surface area contributed by atoms with Gasteiger partial charge in [0.2, 0.25) is 0 Å². The van der Waals surface area contributed by atoms with Gasteiger partial charge in [0.05, 0.1) is 5.39 Å². The Hall–Kier alpha value is -1.48. The van der Waals surface area contributed by atoms with Gasteiger partial charge in [0, 0.05) is 8.07 Å². The summed E-state index contributed by atoms with van der Waals surface area (Å²) in [6, 6.07) is 9.06. The topological polar surface area (TPSA) is 40.5 Å². The van der Waals surface area contributed by atoms with Crippen LogP contribution in [0, 0.1) is 0 Å². The van der Waals surface area contributed by atoms with Crippen LogP contribution < -0.4 is 0 Å². The molecule has 0 unspecified atom stereocenters. The molecule has 120 valence electrons. The number of aryl methyl sites for hydroxylation is 2. The Morgan fingerprint density at radius 2 is 1.41 bits per heavy atom. The molecule has 3 heteroatoms. The second-order valence-corrected chi connectivity index (χ2v) is 13.1. The van der Waals surface area contributed by atoms with Crippen LogP contribution >= 0.6 is 0 Å². The zero-order chi connectivity index (χ0) is 16.3. The summed E-state index contributed by atoms with van der Waals surface area (Å²) in [5, 5.41) is 22.0. The highest BCUT2D eigenvalue weighted by Crippen LogP contribution is 2.36. The lowest BCUT2D eigenvalue weighted by molar-refractivity contribution is 0.463. The van der Waals surface area contributed by atoms with Crippen molar-refractivity contribution in [1.82, 2.24) is 0 Å². The van der Waals surface area contributed by atoms with Gasteiger partial charge in [-0.1, -0.05) is 51.2 Å². The molecule has 0 radical (unpaired) electrons. The van der Waals surface area contributed by atoms with Gasteiger partial charge in [-0.2, -0.15) is 0 Å². The van der Waals surface area contributed by atoms with E-state index in [1.165, 1.54) is 11.6 Å². The number of benzene rings is 2. The van der Waals surface area contributed by atoms with Crippen molar-refractivity contribution < 1.29 is 10.2 Å². The van der Waals surface area contributed by atoms with Crippen LogP contribution in [0.1, 0.15) is 30.9 Å². The van der Waals surface area contributed by atoms with Crippen LogP contribution in [0.15, 0.2) is 24.3 Å². The quantitative estimate of drug-likeness (QED) is 0.693. The molecule has 0 amide bonds. The van der Waals surface area contributed by atoms with Crippen molar-refractivity contribution in [2.24, 2.45) is 0 Å². The molecule has 0 aliphatic heterocycles. The van der Waals surface area contributed by atoms with Gasteiger partial charge < -0.3 is 10.2 Å². The van der Waals surface area contributed by atoms with Crippen molar-refractivity contribution in [3.05, 3.63) is 35.4 Å². The minimum absolute atomic E-state index is 0.192. The van der Waals surface area contributed by atoms with Crippen LogP contribution in [-0.4, -0.2) is 18.3 Å². The fourth-order valence-electron chi connectivity index (χ4n) is 2.78. The molecule has 0 fully saturated rings. The summed E-state index contributed by atoms with van der Waals surface area (Å²) >= 11 is 0. The van der Waals surface area contributed by atoms with E-state index < -0.39 is 8.07 Å². The first-order chi connectivity index (χ1) is 10.3. The summed E-state index contributed by atoms with van der Waals surface area (Å²) in [5.74, 6) is 0.389. The van der Waals surface area contributed by atoms with E-state index in [-0.39, 0.29) is 11.5 Å². The number of hydrogen-bond donors (Lipinski definition) is 2. The van der Waals surface area contributed by atoms with E-state index in [1.807, 2.05) is 6.07 Å². The largest absolute Gasteiger partial charge is 0.507 e. The normalized spacial score (nSPS) is 12.0. The Morgan fingerprint density at radius 3 is 1.91 bits per heavy atom. The average molecular weight is 317 g/mol. The van der Waals surface area contributed by atoms with Crippen LogP contribution in [0.2, 0.25) is 25.7 Å². The van der Waals surface area contributed by atoms with E-state index in [4.69, 9.17) is 0 Å². The van der Waals surface area contributed by atoms with E-state index in [1.54, 1.807) is 6.07 Å². The minimum Gasteiger partial charge on any atom is -0.507 e. The van der Waals surface area contributed by atoms with Crippen molar-refractivity contribution in [2.45, 2.75) is 58.3 Å². The number of fused-ring (bicyclic) bond motifs is 1. The van der Waals surface area contributed by atoms with E-state index in [0.717, 1.165) is 36.6 Å². The predicted molar refractivity (Wildman–Crippen MR) is 97.7 cm³/mol. The van der Waals surface area contributed by atoms with Crippen molar-refractivity contribution in [2.75, 3.05) is 0 Å². The van der Waals surface area contributed by atoms with Crippen LogP contribution in [-0.2, 0) is 12.8 Å². The van der Waals surface area contributed by atoms with Gasteiger partial charge in [-0.15, -0.1) is 0 Å². The van der Waals surface area contributed by atoms with E-state index >= 15 is 0 Å². The second kappa shape index (κ2) is 6.74. The van der Waals surface area contributed by atoms with E-state index in [0.29, 0.717) is 5.39 Å². The van der Waals surface area contributed by atoms with Crippen LogP contribution in [0.5, 0.6) is 11.5 Å². The maximum Gasteiger partial charge on any atom is 0.127 e. The molecule has 2 nitrogen and oxygen atoms in total. The lowest BCUT2D eigenvalue weighted by Gasteiger charge is -2.16. The smallest absolute Gasteiger partial charge is 0.127 e. The first-order valence-corrected chi connectivity index (χ1v) is 12.0. The Labute approximate surface area is 134 Å². The molecule has 0 saturated heterocycles. The monoisotopic (exact) mass is 316 g/mol. The molecule has 0 heterocycles. The molecule has 0 bridgehead atoms. The number of rotatable bonds is 6. The molecule has 2 N–H and O–H groups in total. The summed E-state index contributed by atoms with van der Waals surface area (Å²) in [5.41, 5.74) is 2.31. The summed E-state index contributed by atoms with van der Waals surface area (Å²) in [6.07, 6.45) is 4.23. The third-order valence-electron chi connectivity index (χ3n) is 4.11. The highest BCUT2D eigenvalue weighted by molar-refractivity contribution is 6.76. The number of phenols is 2. The van der Waals surface area contributed by atoms with E-state index in [2.05, 4.69) is 38.7 Å². The maximum atomic E-state index is 10.3. The Bertz CT molecular complexity index is 657. The third-order valence-corrected chi connectivity index (χ3v) is 5.86. The number of hydrogen-bond acceptors (Lipinski definition) is 2. The van der Waals surface area contributed by atoms with Gasteiger partial charge in [-0.25, -0.2) is 0 Å². The van der Waals surface area contributed by atoms with Gasteiger partial charge in [0.1, 0.15) is 11.5 Å². The molecular weight excluding hydrogens is 288 g/mol. The molecule has 22 heavy (non-hydrogen) atoms. The third kappa shape index (κ3) is 4.26. The minimum atomic E-state index is -1.10. The summed E-state index contributed by atoms with van der Waals surface area (Å²) in [4.78, 5) is 0. The van der Waals surface area contributed by atoms with Crippen LogP contribution in [0.25, 0.3) is 10.8 Å². The fourth-order valence-corrected chi connectivity index (χ4v) is 3.82. The highest BCUT2D eigenvalue weighted by Gasteiger charge is 2.14. The first kappa shape index (κ1) is 16.9. The molecule has 0 spiro atoms. The summed E-state index contributed by atoms with van der Waals surface area (Å²) in [6.45, 7) is 9.26. The molecule has 2 aromatic rings. The van der Waals surface area contributed by atoms with Crippen molar-refractivity contribution in [3.63, 3.8) is 0 Å². The molecular formula is C19H28O2Si. The summed E-state index contributed by atoms with van der Waals surface area (Å²) in [7, 11) is -1.10. The fraction of sp³-hybridized carbons (Fsp3) is 0.474. The number of aromatic hydroxyl groups is 2. The summed E-state index contributed by atoms with van der Waals surface area (Å²) < 4.78 is 0. The molecule has 0 saturated carbocycles. The number of phenolic OH excluding ortho intramolecular Hbond substituents is 2. The number of unbranched alkanes of at least 4 members (excludes halogenated alkanes) is 1. The highest BCUT2D eigenvalue weighted by atomic mass is 28.3. The predicted octanol–water partition coefficient (Wildman–Crippen LogP) is 5.47. The molecule has 2 rings (SSSR count). The molecule has 2 aromatic carbocycles. The Morgan fingerprint density at radius 1 is 0.864 bits per heavy atom. The van der Waals surface area contributed by atoms with Gasteiger partial charge >= 0.3 is 0 Å².